The first kappa shape index (κ1) is 17.0. The molecule has 132 valence electrons. The van der Waals surface area contributed by atoms with E-state index in [9.17, 15) is 9.90 Å². The van der Waals surface area contributed by atoms with Crippen LogP contribution in [0, 0.1) is 0 Å². The molecule has 0 radical (unpaired) electrons. The Hall–Kier alpha value is -2.81. The van der Waals surface area contributed by atoms with E-state index in [1.807, 2.05) is 20.8 Å². The van der Waals surface area contributed by atoms with Crippen LogP contribution < -0.4 is 10.9 Å². The minimum Gasteiger partial charge on any atom is -0.372 e. The van der Waals surface area contributed by atoms with Crippen molar-refractivity contribution in [3.05, 3.63) is 46.5 Å². The van der Waals surface area contributed by atoms with E-state index in [1.165, 1.54) is 11.0 Å². The largest absolute Gasteiger partial charge is 0.372 e. The minimum absolute atomic E-state index is 0.00824. The Balaban J connectivity index is 1.95. The number of fused-ring (bicyclic) bond motifs is 1. The molecule has 3 aromatic rings. The molecule has 1 unspecified atom stereocenters. The Morgan fingerprint density at radius 3 is 2.76 bits per heavy atom. The van der Waals surface area contributed by atoms with Crippen molar-refractivity contribution in [2.24, 2.45) is 0 Å². The van der Waals surface area contributed by atoms with E-state index in [1.54, 1.807) is 22.8 Å². The van der Waals surface area contributed by atoms with Gasteiger partial charge in [-0.2, -0.15) is 10.2 Å². The van der Waals surface area contributed by atoms with Crippen LogP contribution in [0.2, 0.25) is 0 Å². The van der Waals surface area contributed by atoms with Crippen LogP contribution in [0.15, 0.2) is 29.5 Å². The highest BCUT2D eigenvalue weighted by molar-refractivity contribution is 5.46. The second-order valence-electron chi connectivity index (χ2n) is 6.04. The molecule has 0 saturated carbocycles. The van der Waals surface area contributed by atoms with Gasteiger partial charge in [0.25, 0.3) is 5.56 Å². The fourth-order valence-electron chi connectivity index (χ4n) is 2.51. The lowest BCUT2D eigenvalue weighted by Gasteiger charge is -2.16. The predicted octanol–water partition coefficient (Wildman–Crippen LogP) is 0.797. The molecule has 3 rings (SSSR count). The zero-order chi connectivity index (χ0) is 18.0. The van der Waals surface area contributed by atoms with Crippen LogP contribution in [0.1, 0.15) is 38.2 Å². The van der Waals surface area contributed by atoms with Crippen molar-refractivity contribution >= 4 is 11.3 Å². The van der Waals surface area contributed by atoms with Gasteiger partial charge in [0.2, 0.25) is 0 Å². The number of nitrogens with zero attached hydrogens (tertiary/aromatic N) is 6. The summed E-state index contributed by atoms with van der Waals surface area (Å²) in [7, 11) is 0. The fraction of sp³-hybridized carbons (Fsp3) is 0.438. The van der Waals surface area contributed by atoms with Crippen molar-refractivity contribution in [3.63, 3.8) is 0 Å². The molecule has 0 spiro atoms. The van der Waals surface area contributed by atoms with Gasteiger partial charge in [0, 0.05) is 12.1 Å². The van der Waals surface area contributed by atoms with Crippen LogP contribution in [0.25, 0.3) is 5.52 Å². The van der Waals surface area contributed by atoms with E-state index in [-0.39, 0.29) is 18.0 Å². The first-order valence-electron chi connectivity index (χ1n) is 8.20. The first-order valence-corrected chi connectivity index (χ1v) is 8.20. The number of hydrogen-bond donors (Lipinski definition) is 2. The molecule has 0 aromatic carbocycles. The average molecular weight is 343 g/mol. The third-order valence-electron chi connectivity index (χ3n) is 3.77. The van der Waals surface area contributed by atoms with Gasteiger partial charge in [0.15, 0.2) is 5.82 Å². The van der Waals surface area contributed by atoms with Crippen LogP contribution in [0.3, 0.4) is 0 Å². The second-order valence-corrected chi connectivity index (χ2v) is 6.04. The molecule has 0 aliphatic heterocycles. The van der Waals surface area contributed by atoms with Crippen molar-refractivity contribution in [1.82, 2.24) is 29.4 Å². The van der Waals surface area contributed by atoms with Gasteiger partial charge in [-0.15, -0.1) is 0 Å². The summed E-state index contributed by atoms with van der Waals surface area (Å²) < 4.78 is 2.87. The maximum atomic E-state index is 12.7. The van der Waals surface area contributed by atoms with Gasteiger partial charge in [-0.1, -0.05) is 20.8 Å². The number of rotatable bonds is 6. The van der Waals surface area contributed by atoms with Gasteiger partial charge in [-0.05, 0) is 18.6 Å². The molecule has 3 heterocycles. The quantitative estimate of drug-likeness (QED) is 0.637. The van der Waals surface area contributed by atoms with Crippen LogP contribution >= 0.6 is 0 Å². The molecule has 0 aliphatic rings. The van der Waals surface area contributed by atoms with E-state index < -0.39 is 6.23 Å². The van der Waals surface area contributed by atoms with E-state index in [0.717, 1.165) is 12.1 Å². The lowest BCUT2D eigenvalue weighted by molar-refractivity contribution is 0.173. The Morgan fingerprint density at radius 1 is 1.32 bits per heavy atom. The third kappa shape index (κ3) is 3.50. The smallest absolute Gasteiger partial charge is 0.292 e. The van der Waals surface area contributed by atoms with Crippen LogP contribution in [0.4, 0.5) is 5.82 Å². The number of aryl methyl sites for hydroxylation is 1. The molecule has 0 aliphatic carbocycles. The highest BCUT2D eigenvalue weighted by Gasteiger charge is 2.17. The number of aliphatic hydroxyl groups excluding tert-OH is 1. The normalized spacial score (nSPS) is 12.7. The SMILES string of the molecule is CCc1cc2c(=O)n(CC(O)Nc3ccncn3)nc(C(C)C)n2n1. The molecule has 1 atom stereocenters. The zero-order valence-electron chi connectivity index (χ0n) is 14.4. The molecular formula is C16H21N7O2. The number of aliphatic hydroxyl groups is 1. The maximum absolute atomic E-state index is 12.7. The number of hydrogen-bond acceptors (Lipinski definition) is 7. The molecular weight excluding hydrogens is 322 g/mol. The third-order valence-corrected chi connectivity index (χ3v) is 3.77. The Labute approximate surface area is 144 Å². The summed E-state index contributed by atoms with van der Waals surface area (Å²) in [5.74, 6) is 1.22. The summed E-state index contributed by atoms with van der Waals surface area (Å²) >= 11 is 0. The van der Waals surface area contributed by atoms with Gasteiger partial charge in [-0.3, -0.25) is 4.79 Å². The summed E-state index contributed by atoms with van der Waals surface area (Å²) in [6.07, 6.45) is 2.65. The Bertz CT molecular complexity index is 917. The maximum Gasteiger partial charge on any atom is 0.292 e. The average Bonchev–Trinajstić information content (AvgIpc) is 3.02. The van der Waals surface area contributed by atoms with Crippen molar-refractivity contribution in [3.8, 4) is 0 Å². The summed E-state index contributed by atoms with van der Waals surface area (Å²) in [6, 6.07) is 3.41. The van der Waals surface area contributed by atoms with Gasteiger partial charge in [0.05, 0.1) is 12.2 Å². The molecule has 2 N–H and O–H groups in total. The van der Waals surface area contributed by atoms with E-state index in [4.69, 9.17) is 0 Å². The number of anilines is 1. The highest BCUT2D eigenvalue weighted by atomic mass is 16.3. The second kappa shape index (κ2) is 6.98. The predicted molar refractivity (Wildman–Crippen MR) is 92.4 cm³/mol. The van der Waals surface area contributed by atoms with Gasteiger partial charge < -0.3 is 10.4 Å². The topological polar surface area (TPSA) is 110 Å². The molecule has 9 heteroatoms. The van der Waals surface area contributed by atoms with Crippen molar-refractivity contribution in [1.29, 1.82) is 0 Å². The summed E-state index contributed by atoms with van der Waals surface area (Å²) in [4.78, 5) is 20.5. The molecule has 9 nitrogen and oxygen atoms in total. The molecule has 25 heavy (non-hydrogen) atoms. The fourth-order valence-corrected chi connectivity index (χ4v) is 2.51. The zero-order valence-corrected chi connectivity index (χ0v) is 14.4. The highest BCUT2D eigenvalue weighted by Crippen LogP contribution is 2.13. The Morgan fingerprint density at radius 2 is 2.12 bits per heavy atom. The summed E-state index contributed by atoms with van der Waals surface area (Å²) in [5, 5.41) is 21.9. The van der Waals surface area contributed by atoms with Gasteiger partial charge >= 0.3 is 0 Å². The molecule has 3 aromatic heterocycles. The van der Waals surface area contributed by atoms with Crippen LogP contribution in [-0.4, -0.2) is 40.7 Å². The van der Waals surface area contributed by atoms with Gasteiger partial charge in [-0.25, -0.2) is 19.2 Å². The van der Waals surface area contributed by atoms with Crippen molar-refractivity contribution in [2.75, 3.05) is 5.32 Å². The van der Waals surface area contributed by atoms with E-state index in [2.05, 4.69) is 25.5 Å². The van der Waals surface area contributed by atoms with Crippen LogP contribution in [0.5, 0.6) is 0 Å². The van der Waals surface area contributed by atoms with Gasteiger partial charge in [0.1, 0.15) is 23.9 Å². The Kier molecular flexibility index (Phi) is 4.75. The lowest BCUT2D eigenvalue weighted by atomic mass is 10.2. The standard InChI is InChI=1S/C16H21N7O2/c1-4-11-7-12-16(25)22(21-15(10(2)3)23(12)20-11)8-14(24)19-13-5-6-17-9-18-13/h5-7,9-10,14,24H,4,8H2,1-3H3,(H,17,18,19). The first-order chi connectivity index (χ1) is 12.0. The number of nitrogens with one attached hydrogen (secondary N) is 1. The van der Waals surface area contributed by atoms with Crippen LogP contribution in [-0.2, 0) is 13.0 Å². The van der Waals surface area contributed by atoms with E-state index in [0.29, 0.717) is 17.2 Å². The molecule has 0 bridgehead atoms. The molecule has 0 amide bonds. The monoisotopic (exact) mass is 343 g/mol. The number of aromatic nitrogens is 6. The lowest BCUT2D eigenvalue weighted by Crippen LogP contribution is -2.35. The van der Waals surface area contributed by atoms with E-state index >= 15 is 0 Å². The molecule has 0 fully saturated rings. The minimum atomic E-state index is -1.02. The summed E-state index contributed by atoms with van der Waals surface area (Å²) in [6.45, 7) is 5.95. The van der Waals surface area contributed by atoms with Crippen molar-refractivity contribution in [2.45, 2.75) is 45.9 Å². The van der Waals surface area contributed by atoms with Crippen molar-refractivity contribution < 1.29 is 5.11 Å². The summed E-state index contributed by atoms with van der Waals surface area (Å²) in [5.41, 5.74) is 1.00. The molecule has 0 saturated heterocycles.